The number of anilines is 1. The number of hydrogen-bond acceptors (Lipinski definition) is 5. The molecule has 2 heterocycles. The van der Waals surface area contributed by atoms with Crippen molar-refractivity contribution in [3.05, 3.63) is 59.2 Å². The van der Waals surface area contributed by atoms with Crippen molar-refractivity contribution in [1.29, 1.82) is 0 Å². The summed E-state index contributed by atoms with van der Waals surface area (Å²) in [6.45, 7) is 4.17. The first-order valence-electron chi connectivity index (χ1n) is 13.0. The number of hydrogen-bond donors (Lipinski definition) is 1. The molecule has 5 rings (SSSR count). The Kier molecular flexibility index (Phi) is 6.88. The highest BCUT2D eigenvalue weighted by Crippen LogP contribution is 2.54. The maximum absolute atomic E-state index is 10.2. The van der Waals surface area contributed by atoms with Gasteiger partial charge in [-0.15, -0.1) is 0 Å². The van der Waals surface area contributed by atoms with Crippen LogP contribution in [0.4, 0.5) is 5.69 Å². The number of phenols is 1. The van der Waals surface area contributed by atoms with Crippen molar-refractivity contribution in [3.8, 4) is 5.75 Å². The molecule has 184 valence electrons. The Balaban J connectivity index is 1.41. The molecular weight excluding hydrogens is 426 g/mol. The fourth-order valence-corrected chi connectivity index (χ4v) is 6.77. The zero-order valence-corrected chi connectivity index (χ0v) is 20.8. The number of fused-ring (bicyclic) bond motifs is 1. The Morgan fingerprint density at radius 1 is 0.941 bits per heavy atom. The normalized spacial score (nSPS) is 25.0. The van der Waals surface area contributed by atoms with Gasteiger partial charge in [-0.3, -0.25) is 0 Å². The lowest BCUT2D eigenvalue weighted by Gasteiger charge is -2.50. The number of rotatable bonds is 5. The maximum Gasteiger partial charge on any atom is 0.159 e. The van der Waals surface area contributed by atoms with Crippen molar-refractivity contribution in [3.63, 3.8) is 0 Å². The van der Waals surface area contributed by atoms with Crippen molar-refractivity contribution < 1.29 is 19.3 Å². The van der Waals surface area contributed by atoms with Crippen LogP contribution in [-0.4, -0.2) is 44.3 Å². The summed E-state index contributed by atoms with van der Waals surface area (Å²) in [5.74, 6) is 0.963. The van der Waals surface area contributed by atoms with E-state index in [1.54, 1.807) is 14.2 Å². The Hall–Kier alpha value is -2.08. The van der Waals surface area contributed by atoms with Gasteiger partial charge in [0.05, 0.1) is 11.7 Å². The Bertz CT molecular complexity index is 957. The minimum absolute atomic E-state index is 0.0000422. The summed E-state index contributed by atoms with van der Waals surface area (Å²) < 4.78 is 17.8. The van der Waals surface area contributed by atoms with E-state index in [9.17, 15) is 5.11 Å². The fraction of sp³-hybridized carbons (Fsp3) is 0.586. The molecule has 5 nitrogen and oxygen atoms in total. The van der Waals surface area contributed by atoms with Crippen LogP contribution in [0.5, 0.6) is 5.75 Å². The zero-order valence-electron chi connectivity index (χ0n) is 20.8. The van der Waals surface area contributed by atoms with E-state index in [0.717, 1.165) is 44.3 Å². The SMILES string of the molecule is COC(OC)C1CCN(c2ccc([C@H]3c4ccc(O)cc4[C@H](C)OC34CCCCC4)cc2)CC1. The molecule has 2 aromatic rings. The molecule has 2 atom stereocenters. The summed E-state index contributed by atoms with van der Waals surface area (Å²) in [6, 6.07) is 15.1. The van der Waals surface area contributed by atoms with Crippen LogP contribution in [0.3, 0.4) is 0 Å². The second-order valence-electron chi connectivity index (χ2n) is 10.4. The molecule has 3 aliphatic rings. The standard InChI is InChI=1S/C29H39NO4/c1-20-26-19-24(31)11-12-25(26)27(29(34-20)15-5-4-6-16-29)21-7-9-23(10-8-21)30-17-13-22(14-18-30)28(32-2)33-3/h7-12,19-20,22,27-28,31H,4-6,13-18H2,1-3H3/t20-,27-/m0/s1. The van der Waals surface area contributed by atoms with Crippen molar-refractivity contribution in [2.45, 2.75) is 75.8 Å². The first-order valence-corrected chi connectivity index (χ1v) is 13.0. The van der Waals surface area contributed by atoms with E-state index in [0.29, 0.717) is 11.7 Å². The molecule has 1 aliphatic carbocycles. The van der Waals surface area contributed by atoms with Crippen LogP contribution in [-0.2, 0) is 14.2 Å². The van der Waals surface area contributed by atoms with Gasteiger partial charge in [0, 0.05) is 44.8 Å². The van der Waals surface area contributed by atoms with Crippen molar-refractivity contribution in [1.82, 2.24) is 0 Å². The Morgan fingerprint density at radius 3 is 2.26 bits per heavy atom. The van der Waals surface area contributed by atoms with Gasteiger partial charge in [-0.2, -0.15) is 0 Å². The molecule has 1 N–H and O–H groups in total. The summed E-state index contributed by atoms with van der Waals surface area (Å²) >= 11 is 0. The summed E-state index contributed by atoms with van der Waals surface area (Å²) in [5.41, 5.74) is 4.88. The van der Waals surface area contributed by atoms with Gasteiger partial charge in [-0.25, -0.2) is 0 Å². The highest BCUT2D eigenvalue weighted by Gasteiger charge is 2.48. The molecule has 1 saturated heterocycles. The maximum atomic E-state index is 10.2. The predicted molar refractivity (Wildman–Crippen MR) is 134 cm³/mol. The molecule has 0 bridgehead atoms. The van der Waals surface area contributed by atoms with E-state index in [1.807, 2.05) is 12.1 Å². The minimum atomic E-state index is -0.156. The van der Waals surface area contributed by atoms with Crippen LogP contribution in [0.15, 0.2) is 42.5 Å². The number of piperidine rings is 1. The van der Waals surface area contributed by atoms with Gasteiger partial charge < -0.3 is 24.2 Å². The summed E-state index contributed by atoms with van der Waals surface area (Å²) in [6.07, 6.45) is 7.95. The van der Waals surface area contributed by atoms with Gasteiger partial charge in [-0.1, -0.05) is 37.5 Å². The Morgan fingerprint density at radius 2 is 1.62 bits per heavy atom. The number of nitrogens with zero attached hydrogens (tertiary/aromatic N) is 1. The Labute approximate surface area is 204 Å². The summed E-state index contributed by atoms with van der Waals surface area (Å²) in [7, 11) is 3.46. The summed E-state index contributed by atoms with van der Waals surface area (Å²) in [4.78, 5) is 2.48. The molecule has 34 heavy (non-hydrogen) atoms. The summed E-state index contributed by atoms with van der Waals surface area (Å²) in [5, 5.41) is 10.2. The van der Waals surface area contributed by atoms with E-state index < -0.39 is 0 Å². The number of ether oxygens (including phenoxy) is 3. The third kappa shape index (κ3) is 4.34. The average Bonchev–Trinajstić information content (AvgIpc) is 2.87. The molecule has 2 fully saturated rings. The molecule has 0 unspecified atom stereocenters. The first kappa shape index (κ1) is 23.7. The van der Waals surface area contributed by atoms with E-state index in [4.69, 9.17) is 14.2 Å². The van der Waals surface area contributed by atoms with E-state index in [1.165, 1.54) is 36.1 Å². The largest absolute Gasteiger partial charge is 0.508 e. The fourth-order valence-electron chi connectivity index (χ4n) is 6.77. The minimum Gasteiger partial charge on any atom is -0.508 e. The quantitative estimate of drug-likeness (QED) is 0.537. The number of phenolic OH excluding ortho intramolecular Hbond substituents is 1. The van der Waals surface area contributed by atoms with Crippen molar-refractivity contribution in [2.24, 2.45) is 5.92 Å². The second-order valence-corrected chi connectivity index (χ2v) is 10.4. The van der Waals surface area contributed by atoms with Gasteiger partial charge in [0.15, 0.2) is 6.29 Å². The van der Waals surface area contributed by atoms with Crippen LogP contribution >= 0.6 is 0 Å². The molecule has 5 heteroatoms. The third-order valence-corrected chi connectivity index (χ3v) is 8.44. The van der Waals surface area contributed by atoms with Gasteiger partial charge >= 0.3 is 0 Å². The first-order chi connectivity index (χ1) is 16.5. The molecule has 0 aromatic heterocycles. The van der Waals surface area contributed by atoms with Crippen LogP contribution in [0.2, 0.25) is 0 Å². The van der Waals surface area contributed by atoms with Gasteiger partial charge in [0.25, 0.3) is 0 Å². The molecule has 0 radical (unpaired) electrons. The van der Waals surface area contributed by atoms with Crippen LogP contribution in [0, 0.1) is 5.92 Å². The molecule has 1 spiro atoms. The number of methoxy groups -OCH3 is 2. The lowest BCUT2D eigenvalue weighted by atomic mass is 9.67. The molecule has 2 aliphatic heterocycles. The predicted octanol–water partition coefficient (Wildman–Crippen LogP) is 6.15. The average molecular weight is 466 g/mol. The number of benzene rings is 2. The van der Waals surface area contributed by atoms with Crippen LogP contribution in [0.1, 0.15) is 80.6 Å². The van der Waals surface area contributed by atoms with Crippen LogP contribution in [0.25, 0.3) is 0 Å². The highest BCUT2D eigenvalue weighted by atomic mass is 16.7. The lowest BCUT2D eigenvalue weighted by molar-refractivity contribution is -0.141. The van der Waals surface area contributed by atoms with Gasteiger partial charge in [0.1, 0.15) is 5.75 Å². The third-order valence-electron chi connectivity index (χ3n) is 8.44. The molecule has 1 saturated carbocycles. The van der Waals surface area contributed by atoms with E-state index in [-0.39, 0.29) is 23.9 Å². The topological polar surface area (TPSA) is 51.2 Å². The van der Waals surface area contributed by atoms with E-state index >= 15 is 0 Å². The molecule has 2 aromatic carbocycles. The van der Waals surface area contributed by atoms with Crippen LogP contribution < -0.4 is 4.90 Å². The van der Waals surface area contributed by atoms with Gasteiger partial charge in [-0.05, 0) is 73.6 Å². The van der Waals surface area contributed by atoms with Crippen molar-refractivity contribution in [2.75, 3.05) is 32.2 Å². The van der Waals surface area contributed by atoms with Crippen molar-refractivity contribution >= 4 is 5.69 Å². The highest BCUT2D eigenvalue weighted by molar-refractivity contribution is 5.52. The molecular formula is C29H39NO4. The molecule has 0 amide bonds. The van der Waals surface area contributed by atoms with E-state index in [2.05, 4.69) is 42.2 Å². The smallest absolute Gasteiger partial charge is 0.159 e. The monoisotopic (exact) mass is 465 g/mol. The number of aromatic hydroxyl groups is 1. The lowest BCUT2D eigenvalue weighted by Crippen LogP contribution is -2.46. The second kappa shape index (κ2) is 9.88. The van der Waals surface area contributed by atoms with Gasteiger partial charge in [0.2, 0.25) is 0 Å². The zero-order chi connectivity index (χ0) is 23.7.